The quantitative estimate of drug-likeness (QED) is 0.834. The number of piperazine rings is 1. The highest BCUT2D eigenvalue weighted by atomic mass is 16.2. The van der Waals surface area contributed by atoms with Crippen molar-refractivity contribution >= 4 is 23.1 Å². The van der Waals surface area contributed by atoms with Gasteiger partial charge >= 0.3 is 0 Å². The standard InChI is InChI=1S/C22H30N6O/c1-14-12-25-21(13-24-14)26-22-15(2)16(3)28(17(4)29)20-6-5-18(11-19(20)22)27-9-7-23-8-10-27/h5-6,11-13,15-16,22-23H,7-10H2,1-4H3,(H,25,26)/t15-,16-,22+/m0/s1. The van der Waals surface area contributed by atoms with Crippen LogP contribution in [0.3, 0.4) is 0 Å². The van der Waals surface area contributed by atoms with E-state index in [-0.39, 0.29) is 23.9 Å². The molecule has 0 saturated carbocycles. The molecular formula is C22H30N6O. The Kier molecular flexibility index (Phi) is 5.41. The molecule has 0 aliphatic carbocycles. The summed E-state index contributed by atoms with van der Waals surface area (Å²) in [4.78, 5) is 25.7. The van der Waals surface area contributed by atoms with Crippen LogP contribution in [0.2, 0.25) is 0 Å². The van der Waals surface area contributed by atoms with E-state index in [9.17, 15) is 4.79 Å². The summed E-state index contributed by atoms with van der Waals surface area (Å²) in [6.45, 7) is 11.9. The lowest BCUT2D eigenvalue weighted by atomic mass is 9.82. The molecule has 0 unspecified atom stereocenters. The van der Waals surface area contributed by atoms with Crippen molar-refractivity contribution in [1.82, 2.24) is 15.3 Å². The minimum absolute atomic E-state index is 0.0514. The molecular weight excluding hydrogens is 364 g/mol. The molecule has 2 N–H and O–H groups in total. The second kappa shape index (κ2) is 7.99. The Hall–Kier alpha value is -2.67. The second-order valence-electron chi connectivity index (χ2n) is 8.13. The SMILES string of the molecule is CC(=O)N1c2ccc(N3CCNCC3)cc2[C@H](Nc2cnc(C)cn2)[C@@H](C)[C@@H]1C. The zero-order chi connectivity index (χ0) is 20.5. The number of amides is 1. The predicted octanol–water partition coefficient (Wildman–Crippen LogP) is 2.74. The first-order chi connectivity index (χ1) is 14.0. The molecule has 3 atom stereocenters. The maximum absolute atomic E-state index is 12.5. The van der Waals surface area contributed by atoms with Gasteiger partial charge in [-0.15, -0.1) is 0 Å². The van der Waals surface area contributed by atoms with Gasteiger partial charge in [0.05, 0.1) is 24.1 Å². The molecule has 29 heavy (non-hydrogen) atoms. The molecule has 1 amide bonds. The molecule has 2 aromatic rings. The molecule has 7 heteroatoms. The van der Waals surface area contributed by atoms with Crippen LogP contribution in [0, 0.1) is 12.8 Å². The number of carbonyl (C=O) groups excluding carboxylic acids is 1. The maximum Gasteiger partial charge on any atom is 0.224 e. The molecule has 4 rings (SSSR count). The van der Waals surface area contributed by atoms with E-state index in [1.807, 2.05) is 11.8 Å². The Morgan fingerprint density at radius 1 is 1.17 bits per heavy atom. The van der Waals surface area contributed by atoms with Crippen LogP contribution >= 0.6 is 0 Å². The van der Waals surface area contributed by atoms with Crippen molar-refractivity contribution < 1.29 is 4.79 Å². The highest BCUT2D eigenvalue weighted by Crippen LogP contribution is 2.43. The third-order valence-electron chi connectivity index (χ3n) is 6.21. The monoisotopic (exact) mass is 394 g/mol. The van der Waals surface area contributed by atoms with Gasteiger partial charge in [-0.05, 0) is 32.0 Å². The van der Waals surface area contributed by atoms with Crippen LogP contribution in [0.1, 0.15) is 38.1 Å². The van der Waals surface area contributed by atoms with E-state index in [0.717, 1.165) is 48.9 Å². The molecule has 2 aliphatic rings. The summed E-state index contributed by atoms with van der Waals surface area (Å²) in [5.41, 5.74) is 4.23. The number of nitrogens with zero attached hydrogens (tertiary/aromatic N) is 4. The number of aromatic nitrogens is 2. The van der Waals surface area contributed by atoms with Gasteiger partial charge in [-0.2, -0.15) is 0 Å². The number of fused-ring (bicyclic) bond motifs is 1. The Balaban J connectivity index is 1.75. The summed E-state index contributed by atoms with van der Waals surface area (Å²) in [5, 5.41) is 7.00. The molecule has 2 aliphatic heterocycles. The van der Waals surface area contributed by atoms with E-state index >= 15 is 0 Å². The first-order valence-electron chi connectivity index (χ1n) is 10.4. The van der Waals surface area contributed by atoms with E-state index in [1.54, 1.807) is 19.3 Å². The van der Waals surface area contributed by atoms with Gasteiger partial charge in [-0.25, -0.2) is 4.98 Å². The van der Waals surface area contributed by atoms with Gasteiger partial charge in [-0.1, -0.05) is 6.92 Å². The maximum atomic E-state index is 12.5. The van der Waals surface area contributed by atoms with Crippen LogP contribution in [0.25, 0.3) is 0 Å². The summed E-state index contributed by atoms with van der Waals surface area (Å²) in [6, 6.07) is 6.63. The minimum Gasteiger partial charge on any atom is -0.369 e. The van der Waals surface area contributed by atoms with Gasteiger partial charge in [0.1, 0.15) is 5.82 Å². The lowest BCUT2D eigenvalue weighted by Gasteiger charge is -2.44. The normalized spacial score (nSPS) is 24.2. The highest BCUT2D eigenvalue weighted by molar-refractivity contribution is 5.94. The number of aryl methyl sites for hydroxylation is 1. The lowest BCUT2D eigenvalue weighted by Crippen LogP contribution is -2.48. The van der Waals surface area contributed by atoms with Gasteiger partial charge in [0.2, 0.25) is 5.91 Å². The molecule has 1 saturated heterocycles. The molecule has 1 fully saturated rings. The van der Waals surface area contributed by atoms with Crippen LogP contribution < -0.4 is 20.4 Å². The molecule has 3 heterocycles. The van der Waals surface area contributed by atoms with Crippen molar-refractivity contribution in [3.63, 3.8) is 0 Å². The van der Waals surface area contributed by atoms with Crippen LogP contribution in [-0.2, 0) is 4.79 Å². The van der Waals surface area contributed by atoms with Gasteiger partial charge < -0.3 is 20.4 Å². The van der Waals surface area contributed by atoms with Crippen LogP contribution in [-0.4, -0.2) is 48.1 Å². The molecule has 1 aromatic carbocycles. The number of anilines is 3. The summed E-state index contributed by atoms with van der Waals surface area (Å²) in [5.74, 6) is 1.05. The van der Waals surface area contributed by atoms with Crippen molar-refractivity contribution in [2.24, 2.45) is 5.92 Å². The molecule has 1 aromatic heterocycles. The molecule has 0 radical (unpaired) electrons. The zero-order valence-electron chi connectivity index (χ0n) is 17.6. The fraction of sp³-hybridized carbons (Fsp3) is 0.500. The van der Waals surface area contributed by atoms with Crippen molar-refractivity contribution in [3.8, 4) is 0 Å². The first-order valence-corrected chi connectivity index (χ1v) is 10.4. The average molecular weight is 395 g/mol. The van der Waals surface area contributed by atoms with E-state index in [4.69, 9.17) is 0 Å². The zero-order valence-corrected chi connectivity index (χ0v) is 17.6. The second-order valence-corrected chi connectivity index (χ2v) is 8.13. The number of hydrogen-bond donors (Lipinski definition) is 2. The Labute approximate surface area is 172 Å². The molecule has 7 nitrogen and oxygen atoms in total. The van der Waals surface area contributed by atoms with E-state index in [2.05, 4.69) is 57.5 Å². The largest absolute Gasteiger partial charge is 0.369 e. The third-order valence-corrected chi connectivity index (χ3v) is 6.21. The molecule has 0 bridgehead atoms. The van der Waals surface area contributed by atoms with Crippen molar-refractivity contribution in [2.45, 2.75) is 39.8 Å². The third kappa shape index (κ3) is 3.79. The van der Waals surface area contributed by atoms with Gasteiger partial charge in [0.15, 0.2) is 0 Å². The van der Waals surface area contributed by atoms with Gasteiger partial charge in [0, 0.05) is 62.0 Å². The van der Waals surface area contributed by atoms with Crippen molar-refractivity contribution in [3.05, 3.63) is 41.9 Å². The summed E-state index contributed by atoms with van der Waals surface area (Å²) in [7, 11) is 0. The topological polar surface area (TPSA) is 73.4 Å². The van der Waals surface area contributed by atoms with E-state index in [0.29, 0.717) is 0 Å². The summed E-state index contributed by atoms with van der Waals surface area (Å²) < 4.78 is 0. The Morgan fingerprint density at radius 3 is 2.59 bits per heavy atom. The number of carbonyl (C=O) groups is 1. The van der Waals surface area contributed by atoms with Crippen molar-refractivity contribution in [1.29, 1.82) is 0 Å². The van der Waals surface area contributed by atoms with Crippen LogP contribution in [0.5, 0.6) is 0 Å². The fourth-order valence-electron chi connectivity index (χ4n) is 4.44. The number of hydrogen-bond acceptors (Lipinski definition) is 6. The van der Waals surface area contributed by atoms with Crippen molar-refractivity contribution in [2.75, 3.05) is 41.3 Å². The number of rotatable bonds is 3. The minimum atomic E-state index is 0.0514. The first kappa shape index (κ1) is 19.6. The fourth-order valence-corrected chi connectivity index (χ4v) is 4.44. The number of nitrogens with one attached hydrogen (secondary N) is 2. The predicted molar refractivity (Wildman–Crippen MR) is 116 cm³/mol. The lowest BCUT2D eigenvalue weighted by molar-refractivity contribution is -0.117. The Bertz CT molecular complexity index is 877. The van der Waals surface area contributed by atoms with Gasteiger partial charge in [-0.3, -0.25) is 9.78 Å². The van der Waals surface area contributed by atoms with E-state index < -0.39 is 0 Å². The highest BCUT2D eigenvalue weighted by Gasteiger charge is 2.38. The smallest absolute Gasteiger partial charge is 0.224 e. The van der Waals surface area contributed by atoms with E-state index in [1.165, 1.54) is 5.69 Å². The molecule has 154 valence electrons. The summed E-state index contributed by atoms with van der Waals surface area (Å²) in [6.07, 6.45) is 3.56. The average Bonchev–Trinajstić information content (AvgIpc) is 2.73. The Morgan fingerprint density at radius 2 is 1.93 bits per heavy atom. The van der Waals surface area contributed by atoms with Crippen LogP contribution in [0.4, 0.5) is 17.2 Å². The molecule has 0 spiro atoms. The van der Waals surface area contributed by atoms with Gasteiger partial charge in [0.25, 0.3) is 0 Å². The van der Waals surface area contributed by atoms with Crippen LogP contribution in [0.15, 0.2) is 30.6 Å². The number of benzene rings is 1. The summed E-state index contributed by atoms with van der Waals surface area (Å²) >= 11 is 0.